The highest BCUT2D eigenvalue weighted by Gasteiger charge is 2.29. The number of carbonyl (C=O) groups excluding carboxylic acids is 1. The third kappa shape index (κ3) is 6.26. The minimum atomic E-state index is -0.705. The van der Waals surface area contributed by atoms with E-state index >= 15 is 0 Å². The number of fused-ring (bicyclic) bond motifs is 1. The van der Waals surface area contributed by atoms with Gasteiger partial charge >= 0.3 is 0 Å². The number of aromatic nitrogens is 3. The van der Waals surface area contributed by atoms with Gasteiger partial charge in [0, 0.05) is 58.0 Å². The van der Waals surface area contributed by atoms with E-state index in [1.165, 1.54) is 12.1 Å². The first kappa shape index (κ1) is 26.8. The molecule has 0 radical (unpaired) electrons. The second-order valence-electron chi connectivity index (χ2n) is 10.9. The summed E-state index contributed by atoms with van der Waals surface area (Å²) in [4.78, 5) is 30.8. The van der Waals surface area contributed by atoms with Crippen molar-refractivity contribution in [3.8, 4) is 23.0 Å². The van der Waals surface area contributed by atoms with E-state index in [4.69, 9.17) is 24.4 Å². The molecule has 206 valence electrons. The zero-order chi connectivity index (χ0) is 27.7. The van der Waals surface area contributed by atoms with Crippen molar-refractivity contribution in [2.75, 3.05) is 24.5 Å². The standard InChI is InChI=1S/C29H33F2N5O3/c1-18(37)36-15-12-22-24(17-36)33-27(23-6-5-7-26(32-23)39-29(2,3)4)28(34-22)35-13-10-20(11-14-35)38-25-9-8-19(30)16-21(25)31/h5-9,16,20H,10-15,17H2,1-4H3. The van der Waals surface area contributed by atoms with Crippen molar-refractivity contribution in [3.63, 3.8) is 0 Å². The molecule has 39 heavy (non-hydrogen) atoms. The van der Waals surface area contributed by atoms with Crippen LogP contribution in [0.3, 0.4) is 0 Å². The fourth-order valence-corrected chi connectivity index (χ4v) is 4.84. The van der Waals surface area contributed by atoms with E-state index in [2.05, 4.69) is 4.90 Å². The Bertz CT molecular complexity index is 1370. The second kappa shape index (κ2) is 10.7. The Morgan fingerprint density at radius 1 is 1.00 bits per heavy atom. The summed E-state index contributed by atoms with van der Waals surface area (Å²) in [5.74, 6) is -0.0694. The van der Waals surface area contributed by atoms with Crippen molar-refractivity contribution in [2.45, 2.75) is 65.2 Å². The molecule has 1 saturated heterocycles. The minimum Gasteiger partial charge on any atom is -0.487 e. The van der Waals surface area contributed by atoms with Crippen LogP contribution in [0.4, 0.5) is 14.6 Å². The van der Waals surface area contributed by atoms with Crippen LogP contribution >= 0.6 is 0 Å². The summed E-state index contributed by atoms with van der Waals surface area (Å²) in [5.41, 5.74) is 2.49. The first-order valence-corrected chi connectivity index (χ1v) is 13.2. The van der Waals surface area contributed by atoms with Gasteiger partial charge in [-0.2, -0.15) is 0 Å². The molecule has 1 aromatic carbocycles. The molecule has 2 aliphatic heterocycles. The Morgan fingerprint density at radius 2 is 1.77 bits per heavy atom. The van der Waals surface area contributed by atoms with Gasteiger partial charge in [-0.05, 0) is 39.0 Å². The number of carbonyl (C=O) groups is 1. The summed E-state index contributed by atoms with van der Waals surface area (Å²) in [6, 6.07) is 8.93. The number of benzene rings is 1. The first-order valence-electron chi connectivity index (χ1n) is 13.2. The molecule has 2 aromatic heterocycles. The molecular formula is C29H33F2N5O3. The lowest BCUT2D eigenvalue weighted by molar-refractivity contribution is -0.129. The van der Waals surface area contributed by atoms with Gasteiger partial charge in [0.05, 0.1) is 23.6 Å². The lowest BCUT2D eigenvalue weighted by atomic mass is 10.1. The summed E-state index contributed by atoms with van der Waals surface area (Å²) in [7, 11) is 0. The van der Waals surface area contributed by atoms with Crippen molar-refractivity contribution in [1.82, 2.24) is 19.9 Å². The maximum atomic E-state index is 14.1. The molecule has 0 N–H and O–H groups in total. The molecule has 0 aliphatic carbocycles. The Hall–Kier alpha value is -3.82. The first-order chi connectivity index (χ1) is 18.6. The van der Waals surface area contributed by atoms with Crippen LogP contribution in [0.1, 0.15) is 51.9 Å². The van der Waals surface area contributed by atoms with E-state index in [9.17, 15) is 13.6 Å². The van der Waals surface area contributed by atoms with E-state index < -0.39 is 17.2 Å². The molecule has 2 aliphatic rings. The van der Waals surface area contributed by atoms with E-state index in [1.807, 2.05) is 39.0 Å². The molecule has 0 unspecified atom stereocenters. The zero-order valence-corrected chi connectivity index (χ0v) is 22.7. The maximum Gasteiger partial charge on any atom is 0.219 e. The van der Waals surface area contributed by atoms with E-state index in [-0.39, 0.29) is 17.8 Å². The molecule has 8 nitrogen and oxygen atoms in total. The van der Waals surface area contributed by atoms with Gasteiger partial charge in [-0.15, -0.1) is 0 Å². The number of rotatable bonds is 5. The monoisotopic (exact) mass is 537 g/mol. The minimum absolute atomic E-state index is 0.00596. The lowest BCUT2D eigenvalue weighted by Gasteiger charge is -2.35. The van der Waals surface area contributed by atoms with Crippen LogP contribution in [0, 0.1) is 11.6 Å². The number of hydrogen-bond donors (Lipinski definition) is 0. The molecule has 0 saturated carbocycles. The maximum absolute atomic E-state index is 14.1. The SMILES string of the molecule is CC(=O)N1CCc2nc(N3CCC(Oc4ccc(F)cc4F)CC3)c(-c3cccc(OC(C)(C)C)n3)nc2C1. The van der Waals surface area contributed by atoms with Gasteiger partial charge < -0.3 is 19.3 Å². The number of anilines is 1. The Labute approximate surface area is 227 Å². The molecule has 1 amide bonds. The van der Waals surface area contributed by atoms with Crippen LogP contribution < -0.4 is 14.4 Å². The quantitative estimate of drug-likeness (QED) is 0.456. The zero-order valence-electron chi connectivity index (χ0n) is 22.7. The topological polar surface area (TPSA) is 80.7 Å². The van der Waals surface area contributed by atoms with E-state index in [1.54, 1.807) is 11.8 Å². The third-order valence-electron chi connectivity index (χ3n) is 6.74. The fraction of sp³-hybridized carbons (Fsp3) is 0.448. The highest BCUT2D eigenvalue weighted by atomic mass is 19.1. The molecule has 10 heteroatoms. The predicted molar refractivity (Wildman–Crippen MR) is 143 cm³/mol. The summed E-state index contributed by atoms with van der Waals surface area (Å²) in [6.45, 7) is 9.69. The Kier molecular flexibility index (Phi) is 7.38. The number of halogens is 2. The van der Waals surface area contributed by atoms with Crippen molar-refractivity contribution in [3.05, 3.63) is 59.4 Å². The molecule has 4 heterocycles. The second-order valence-corrected chi connectivity index (χ2v) is 10.9. The largest absolute Gasteiger partial charge is 0.487 e. The molecule has 0 atom stereocenters. The van der Waals surface area contributed by atoms with Gasteiger partial charge in [0.15, 0.2) is 17.4 Å². The van der Waals surface area contributed by atoms with Gasteiger partial charge in [0.1, 0.15) is 23.2 Å². The van der Waals surface area contributed by atoms with Crippen LogP contribution in [-0.2, 0) is 17.8 Å². The van der Waals surface area contributed by atoms with Crippen molar-refractivity contribution in [2.24, 2.45) is 0 Å². The van der Waals surface area contributed by atoms with Gasteiger partial charge in [-0.1, -0.05) is 6.07 Å². The molecule has 0 bridgehead atoms. The fourth-order valence-electron chi connectivity index (χ4n) is 4.84. The van der Waals surface area contributed by atoms with E-state index in [0.717, 1.165) is 23.3 Å². The summed E-state index contributed by atoms with van der Waals surface area (Å²) < 4.78 is 39.3. The number of ether oxygens (including phenoxy) is 2. The lowest BCUT2D eigenvalue weighted by Crippen LogP contribution is -2.40. The van der Waals surface area contributed by atoms with Crippen molar-refractivity contribution in [1.29, 1.82) is 0 Å². The Balaban J connectivity index is 1.43. The van der Waals surface area contributed by atoms with Crippen molar-refractivity contribution < 1.29 is 23.0 Å². The average Bonchev–Trinajstić information content (AvgIpc) is 2.89. The van der Waals surface area contributed by atoms with Gasteiger partial charge in [-0.3, -0.25) is 4.79 Å². The predicted octanol–water partition coefficient (Wildman–Crippen LogP) is 4.95. The van der Waals surface area contributed by atoms with Crippen LogP contribution in [0.2, 0.25) is 0 Å². The smallest absolute Gasteiger partial charge is 0.219 e. The molecule has 1 fully saturated rings. The molecule has 5 rings (SSSR count). The highest BCUT2D eigenvalue weighted by Crippen LogP contribution is 2.33. The van der Waals surface area contributed by atoms with Gasteiger partial charge in [-0.25, -0.2) is 23.7 Å². The number of pyridine rings is 1. The summed E-state index contributed by atoms with van der Waals surface area (Å²) >= 11 is 0. The number of hydrogen-bond acceptors (Lipinski definition) is 7. The van der Waals surface area contributed by atoms with Crippen LogP contribution in [0.5, 0.6) is 11.6 Å². The average molecular weight is 538 g/mol. The normalized spacial score (nSPS) is 16.2. The summed E-state index contributed by atoms with van der Waals surface area (Å²) in [6.07, 6.45) is 1.68. The van der Waals surface area contributed by atoms with Gasteiger partial charge in [0.2, 0.25) is 11.8 Å². The molecule has 3 aromatic rings. The molecular weight excluding hydrogens is 504 g/mol. The molecule has 0 spiro atoms. The third-order valence-corrected chi connectivity index (χ3v) is 6.74. The highest BCUT2D eigenvalue weighted by molar-refractivity contribution is 5.74. The van der Waals surface area contributed by atoms with Crippen LogP contribution in [0.15, 0.2) is 36.4 Å². The number of amides is 1. The number of nitrogens with zero attached hydrogens (tertiary/aromatic N) is 5. The van der Waals surface area contributed by atoms with Crippen molar-refractivity contribution >= 4 is 11.7 Å². The van der Waals surface area contributed by atoms with E-state index in [0.29, 0.717) is 62.7 Å². The number of piperidine rings is 1. The van der Waals surface area contributed by atoms with Gasteiger partial charge in [0.25, 0.3) is 0 Å². The van der Waals surface area contributed by atoms with Crippen LogP contribution in [0.25, 0.3) is 11.4 Å². The summed E-state index contributed by atoms with van der Waals surface area (Å²) in [5, 5.41) is 0. The van der Waals surface area contributed by atoms with Crippen LogP contribution in [-0.4, -0.2) is 57.1 Å². The Morgan fingerprint density at radius 3 is 2.46 bits per heavy atom.